The van der Waals surface area contributed by atoms with Crippen LogP contribution in [0.1, 0.15) is 59.3 Å². The van der Waals surface area contributed by atoms with Crippen molar-refractivity contribution < 1.29 is 0 Å². The predicted molar refractivity (Wildman–Crippen MR) is 114 cm³/mol. The molecule has 1 aliphatic carbocycles. The first kappa shape index (κ1) is 19.5. The van der Waals surface area contributed by atoms with Gasteiger partial charge in [-0.2, -0.15) is 12.6 Å². The minimum absolute atomic E-state index is 0.429. The molecule has 0 aromatic carbocycles. The molecule has 4 rings (SSSR count). The van der Waals surface area contributed by atoms with Crippen LogP contribution in [0.2, 0.25) is 0 Å². The Morgan fingerprint density at radius 1 is 0.962 bits per heavy atom. The fraction of sp³-hybridized carbons (Fsp3) is 1.00. The molecule has 1 saturated carbocycles. The van der Waals surface area contributed by atoms with Crippen LogP contribution >= 0.6 is 12.6 Å². The maximum absolute atomic E-state index is 4.61. The van der Waals surface area contributed by atoms with Crippen molar-refractivity contribution in [2.24, 2.45) is 22.7 Å². The van der Waals surface area contributed by atoms with E-state index < -0.39 is 0 Å². The van der Waals surface area contributed by atoms with Crippen molar-refractivity contribution in [3.63, 3.8) is 0 Å². The highest BCUT2D eigenvalue weighted by molar-refractivity contribution is 7.80. The molecular weight excluding hydrogens is 338 g/mol. The fourth-order valence-electron chi connectivity index (χ4n) is 6.23. The molecule has 26 heavy (non-hydrogen) atoms. The molecule has 0 N–H and O–H groups in total. The molecule has 0 amide bonds. The van der Waals surface area contributed by atoms with Crippen molar-refractivity contribution >= 4 is 12.6 Å². The van der Waals surface area contributed by atoms with E-state index in [0.29, 0.717) is 16.2 Å². The van der Waals surface area contributed by atoms with Crippen molar-refractivity contribution in [3.05, 3.63) is 0 Å². The van der Waals surface area contributed by atoms with Crippen LogP contribution in [0.3, 0.4) is 0 Å². The van der Waals surface area contributed by atoms with E-state index >= 15 is 0 Å². The SMILES string of the molecule is CC(C)CC1(CN2CC[C@H](CN3CC4(CCN(C(C)S)CC4)C3)C2)CC1. The normalized spacial score (nSPS) is 32.9. The largest absolute Gasteiger partial charge is 0.302 e. The van der Waals surface area contributed by atoms with Crippen LogP contribution in [0.4, 0.5) is 0 Å². The molecule has 0 aromatic rings. The van der Waals surface area contributed by atoms with E-state index in [1.54, 1.807) is 0 Å². The third-order valence-corrected chi connectivity index (χ3v) is 8.08. The summed E-state index contributed by atoms with van der Waals surface area (Å²) in [5.74, 6) is 1.80. The Morgan fingerprint density at radius 3 is 2.23 bits per heavy atom. The maximum atomic E-state index is 4.61. The first-order chi connectivity index (χ1) is 12.4. The van der Waals surface area contributed by atoms with Gasteiger partial charge in [-0.1, -0.05) is 13.8 Å². The number of rotatable bonds is 7. The van der Waals surface area contributed by atoms with Crippen LogP contribution in [0, 0.1) is 22.7 Å². The zero-order valence-corrected chi connectivity index (χ0v) is 18.3. The first-order valence-electron chi connectivity index (χ1n) is 11.2. The van der Waals surface area contributed by atoms with Crippen molar-refractivity contribution in [3.8, 4) is 0 Å². The lowest BCUT2D eigenvalue weighted by atomic mass is 9.71. The zero-order chi connectivity index (χ0) is 18.4. The molecule has 3 nitrogen and oxygen atoms in total. The number of nitrogens with zero attached hydrogens (tertiary/aromatic N) is 3. The van der Waals surface area contributed by atoms with Crippen LogP contribution < -0.4 is 0 Å². The monoisotopic (exact) mass is 379 g/mol. The van der Waals surface area contributed by atoms with Gasteiger partial charge in [0.25, 0.3) is 0 Å². The third kappa shape index (κ3) is 4.45. The Labute approximate surface area is 167 Å². The Balaban J connectivity index is 1.16. The zero-order valence-electron chi connectivity index (χ0n) is 17.4. The van der Waals surface area contributed by atoms with Gasteiger partial charge in [0, 0.05) is 38.1 Å². The van der Waals surface area contributed by atoms with Gasteiger partial charge < -0.3 is 9.80 Å². The lowest BCUT2D eigenvalue weighted by Crippen LogP contribution is -2.61. The lowest BCUT2D eigenvalue weighted by Gasteiger charge is -2.55. The van der Waals surface area contributed by atoms with Gasteiger partial charge in [-0.3, -0.25) is 4.90 Å². The molecule has 4 fully saturated rings. The maximum Gasteiger partial charge on any atom is 0.0499 e. The van der Waals surface area contributed by atoms with Gasteiger partial charge in [-0.05, 0) is 87.7 Å². The fourth-order valence-corrected chi connectivity index (χ4v) is 6.47. The second kappa shape index (κ2) is 7.57. The van der Waals surface area contributed by atoms with Crippen molar-refractivity contribution in [2.45, 2.75) is 64.7 Å². The summed E-state index contributed by atoms with van der Waals surface area (Å²) in [5.41, 5.74) is 1.37. The summed E-state index contributed by atoms with van der Waals surface area (Å²) >= 11 is 4.61. The quantitative estimate of drug-likeness (QED) is 0.674. The smallest absolute Gasteiger partial charge is 0.0499 e. The predicted octanol–water partition coefficient (Wildman–Crippen LogP) is 3.81. The van der Waals surface area contributed by atoms with Gasteiger partial charge >= 0.3 is 0 Å². The minimum atomic E-state index is 0.429. The van der Waals surface area contributed by atoms with E-state index in [4.69, 9.17) is 0 Å². The number of likely N-dealkylation sites (tertiary alicyclic amines) is 3. The second-order valence-corrected chi connectivity index (χ2v) is 11.6. The van der Waals surface area contributed by atoms with E-state index in [1.807, 2.05) is 0 Å². The van der Waals surface area contributed by atoms with Gasteiger partial charge in [0.1, 0.15) is 0 Å². The average molecular weight is 380 g/mol. The Morgan fingerprint density at radius 2 is 1.65 bits per heavy atom. The van der Waals surface area contributed by atoms with E-state index in [2.05, 4.69) is 48.1 Å². The lowest BCUT2D eigenvalue weighted by molar-refractivity contribution is -0.0534. The molecule has 3 saturated heterocycles. The highest BCUT2D eigenvalue weighted by Crippen LogP contribution is 2.51. The van der Waals surface area contributed by atoms with Crippen molar-refractivity contribution in [1.29, 1.82) is 0 Å². The molecule has 4 aliphatic rings. The second-order valence-electron chi connectivity index (χ2n) is 10.8. The molecular formula is C22H41N3S. The van der Waals surface area contributed by atoms with Gasteiger partial charge in [0.15, 0.2) is 0 Å². The molecule has 0 aromatic heterocycles. The van der Waals surface area contributed by atoms with E-state index in [1.165, 1.54) is 90.9 Å². The van der Waals surface area contributed by atoms with Gasteiger partial charge in [-0.25, -0.2) is 0 Å². The summed E-state index contributed by atoms with van der Waals surface area (Å²) in [7, 11) is 0. The molecule has 1 spiro atoms. The van der Waals surface area contributed by atoms with Crippen LogP contribution in [-0.4, -0.2) is 72.4 Å². The van der Waals surface area contributed by atoms with Gasteiger partial charge in [-0.15, -0.1) is 0 Å². The Kier molecular flexibility index (Phi) is 5.69. The average Bonchev–Trinajstić information content (AvgIpc) is 3.14. The summed E-state index contributed by atoms with van der Waals surface area (Å²) < 4.78 is 0. The molecule has 0 radical (unpaired) electrons. The summed E-state index contributed by atoms with van der Waals surface area (Å²) in [6, 6.07) is 0. The Bertz CT molecular complexity index is 472. The highest BCUT2D eigenvalue weighted by Gasteiger charge is 2.47. The summed E-state index contributed by atoms with van der Waals surface area (Å²) in [6.45, 7) is 17.7. The van der Waals surface area contributed by atoms with Crippen molar-refractivity contribution in [1.82, 2.24) is 14.7 Å². The first-order valence-corrected chi connectivity index (χ1v) is 11.8. The third-order valence-electron chi connectivity index (χ3n) is 7.75. The summed E-state index contributed by atoms with van der Waals surface area (Å²) in [5, 5.41) is 0.429. The summed E-state index contributed by atoms with van der Waals surface area (Å²) in [4.78, 5) is 8.12. The highest BCUT2D eigenvalue weighted by atomic mass is 32.1. The minimum Gasteiger partial charge on any atom is -0.302 e. The van der Waals surface area contributed by atoms with E-state index in [-0.39, 0.29) is 0 Å². The number of hydrogen-bond acceptors (Lipinski definition) is 4. The Hall–Kier alpha value is 0.230. The standard InChI is InChI=1S/C22H41N3S/c1-18(2)12-21(5-6-21)15-23-9-4-20(13-23)14-24-16-22(17-24)7-10-25(11-8-22)19(3)26/h18-20,26H,4-17H2,1-3H3/t19?,20-/m0/s1. The molecule has 0 bridgehead atoms. The molecule has 1 unspecified atom stereocenters. The van der Waals surface area contributed by atoms with Crippen molar-refractivity contribution in [2.75, 3.05) is 52.4 Å². The molecule has 4 heteroatoms. The molecule has 150 valence electrons. The van der Waals surface area contributed by atoms with Crippen LogP contribution in [0.25, 0.3) is 0 Å². The van der Waals surface area contributed by atoms with Crippen LogP contribution in [0.15, 0.2) is 0 Å². The number of thiol groups is 1. The van der Waals surface area contributed by atoms with Gasteiger partial charge in [0.2, 0.25) is 0 Å². The van der Waals surface area contributed by atoms with Crippen LogP contribution in [0.5, 0.6) is 0 Å². The van der Waals surface area contributed by atoms with E-state index in [9.17, 15) is 0 Å². The molecule has 3 heterocycles. The van der Waals surface area contributed by atoms with E-state index in [0.717, 1.165) is 11.8 Å². The molecule has 3 aliphatic heterocycles. The topological polar surface area (TPSA) is 9.72 Å². The van der Waals surface area contributed by atoms with Gasteiger partial charge in [0.05, 0.1) is 0 Å². The van der Waals surface area contributed by atoms with Crippen LogP contribution in [-0.2, 0) is 0 Å². The molecule has 2 atom stereocenters. The number of hydrogen-bond donors (Lipinski definition) is 1. The number of piperidine rings is 1. The summed E-state index contributed by atoms with van der Waals surface area (Å²) in [6.07, 6.45) is 8.65.